The van der Waals surface area contributed by atoms with Crippen molar-refractivity contribution in [2.45, 2.75) is 13.2 Å². The number of pyridine rings is 1. The van der Waals surface area contributed by atoms with E-state index in [1.165, 1.54) is 46.3 Å². The van der Waals surface area contributed by atoms with Crippen molar-refractivity contribution in [3.05, 3.63) is 55.0 Å². The van der Waals surface area contributed by atoms with Crippen LogP contribution in [-0.2, 0) is 9.53 Å². The van der Waals surface area contributed by atoms with Crippen LogP contribution in [0.25, 0.3) is 16.9 Å². The van der Waals surface area contributed by atoms with Crippen LogP contribution < -0.4 is 4.90 Å². The third-order valence-electron chi connectivity index (χ3n) is 4.70. The number of rotatable bonds is 4. The summed E-state index contributed by atoms with van der Waals surface area (Å²) in [6.45, 7) is 1.51. The number of benzene rings is 1. The minimum Gasteiger partial charge on any atom is -0.423 e. The maximum Gasteiger partial charge on any atom is 0.416 e. The Labute approximate surface area is 165 Å². The van der Waals surface area contributed by atoms with Crippen LogP contribution in [0.3, 0.4) is 0 Å². The molecule has 0 unspecified atom stereocenters. The van der Waals surface area contributed by atoms with Gasteiger partial charge in [-0.15, -0.1) is 0 Å². The van der Waals surface area contributed by atoms with Gasteiger partial charge in [-0.25, -0.2) is 23.8 Å². The maximum atomic E-state index is 14.8. The molecule has 0 N–H and O–H groups in total. The topological polar surface area (TPSA) is 93.5 Å². The molecule has 3 heterocycles. The molecule has 0 aliphatic carbocycles. The number of hydrogen-bond donors (Lipinski definition) is 0. The van der Waals surface area contributed by atoms with E-state index in [2.05, 4.69) is 15.1 Å². The molecule has 9 nitrogen and oxygen atoms in total. The molecule has 0 saturated carbocycles. The number of halogens is 1. The number of nitrogens with zero attached hydrogens (tertiary/aromatic N) is 6. The zero-order valence-electron chi connectivity index (χ0n) is 15.7. The van der Waals surface area contributed by atoms with Gasteiger partial charge in [0.15, 0.2) is 12.0 Å². The number of anilines is 1. The molecule has 1 aliphatic rings. The highest BCUT2D eigenvalue weighted by Crippen LogP contribution is 2.29. The number of amides is 2. The van der Waals surface area contributed by atoms with Gasteiger partial charge in [0.05, 0.1) is 12.2 Å². The molecule has 1 aliphatic heterocycles. The molecule has 0 bridgehead atoms. The van der Waals surface area contributed by atoms with Crippen LogP contribution in [-0.4, -0.2) is 56.5 Å². The van der Waals surface area contributed by atoms with Crippen LogP contribution in [0.4, 0.5) is 14.9 Å². The SMILES string of the molecule is CC(=O)N(C)[C@@H]1CN(c2ccc(-c3ccc(-n4cncn4)nc3)c(F)c2)C(=O)O1. The molecule has 0 spiro atoms. The van der Waals surface area contributed by atoms with Crippen molar-refractivity contribution in [2.24, 2.45) is 0 Å². The van der Waals surface area contributed by atoms with Gasteiger partial charge in [0, 0.05) is 31.3 Å². The lowest BCUT2D eigenvalue weighted by Crippen LogP contribution is -2.38. The second-order valence-electron chi connectivity index (χ2n) is 6.49. The molecule has 148 valence electrons. The van der Waals surface area contributed by atoms with Crippen molar-refractivity contribution in [3.8, 4) is 16.9 Å². The number of ether oxygens (including phenoxy) is 1. The van der Waals surface area contributed by atoms with Gasteiger partial charge < -0.3 is 9.64 Å². The predicted molar refractivity (Wildman–Crippen MR) is 101 cm³/mol. The van der Waals surface area contributed by atoms with Gasteiger partial charge in [-0.1, -0.05) is 0 Å². The van der Waals surface area contributed by atoms with Crippen molar-refractivity contribution in [1.29, 1.82) is 0 Å². The lowest BCUT2D eigenvalue weighted by Gasteiger charge is -2.20. The zero-order valence-corrected chi connectivity index (χ0v) is 15.7. The van der Waals surface area contributed by atoms with Crippen molar-refractivity contribution < 1.29 is 18.7 Å². The lowest BCUT2D eigenvalue weighted by molar-refractivity contribution is -0.134. The maximum absolute atomic E-state index is 14.8. The second-order valence-corrected chi connectivity index (χ2v) is 6.49. The fourth-order valence-corrected chi connectivity index (χ4v) is 2.98. The van der Waals surface area contributed by atoms with Crippen LogP contribution in [0.5, 0.6) is 0 Å². The largest absolute Gasteiger partial charge is 0.423 e. The number of aromatic nitrogens is 4. The first kappa shape index (κ1) is 18.5. The first-order chi connectivity index (χ1) is 13.9. The summed E-state index contributed by atoms with van der Waals surface area (Å²) in [5.74, 6) is -0.175. The Morgan fingerprint density at radius 3 is 2.76 bits per heavy atom. The minimum absolute atomic E-state index is 0.127. The van der Waals surface area contributed by atoms with Crippen molar-refractivity contribution in [1.82, 2.24) is 24.6 Å². The lowest BCUT2D eigenvalue weighted by atomic mass is 10.1. The summed E-state index contributed by atoms with van der Waals surface area (Å²) in [4.78, 5) is 34.4. The summed E-state index contributed by atoms with van der Waals surface area (Å²) in [5, 5.41) is 3.99. The summed E-state index contributed by atoms with van der Waals surface area (Å²) in [6.07, 6.45) is 3.11. The Kier molecular flexibility index (Phi) is 4.67. The molecule has 0 radical (unpaired) electrons. The van der Waals surface area contributed by atoms with Crippen LogP contribution in [0, 0.1) is 5.82 Å². The van der Waals surface area contributed by atoms with E-state index in [0.717, 1.165) is 0 Å². The molecule has 1 fully saturated rings. The molecule has 4 rings (SSSR count). The smallest absolute Gasteiger partial charge is 0.416 e. The molecular weight excluding hydrogens is 379 g/mol. The van der Waals surface area contributed by atoms with Crippen molar-refractivity contribution >= 4 is 17.7 Å². The van der Waals surface area contributed by atoms with E-state index in [1.54, 1.807) is 31.3 Å². The summed E-state index contributed by atoms with van der Waals surface area (Å²) in [7, 11) is 1.55. The first-order valence-electron chi connectivity index (χ1n) is 8.76. The highest BCUT2D eigenvalue weighted by molar-refractivity contribution is 5.90. The third-order valence-corrected chi connectivity index (χ3v) is 4.70. The van der Waals surface area contributed by atoms with Gasteiger partial charge in [0.1, 0.15) is 18.5 Å². The van der Waals surface area contributed by atoms with Crippen LogP contribution in [0.15, 0.2) is 49.2 Å². The van der Waals surface area contributed by atoms with Crippen LogP contribution >= 0.6 is 0 Å². The molecule has 1 aromatic carbocycles. The molecule has 29 heavy (non-hydrogen) atoms. The number of likely N-dealkylation sites (N-methyl/N-ethyl adjacent to an activating group) is 1. The van der Waals surface area contributed by atoms with E-state index in [4.69, 9.17) is 4.74 Å². The average molecular weight is 396 g/mol. The number of cyclic esters (lactones) is 1. The Morgan fingerprint density at radius 1 is 1.31 bits per heavy atom. The van der Waals surface area contributed by atoms with E-state index in [9.17, 15) is 14.0 Å². The van der Waals surface area contributed by atoms with Gasteiger partial charge in [0.25, 0.3) is 0 Å². The molecule has 1 atom stereocenters. The Hall–Kier alpha value is -3.82. The van der Waals surface area contributed by atoms with E-state index < -0.39 is 18.1 Å². The predicted octanol–water partition coefficient (Wildman–Crippen LogP) is 2.23. The van der Waals surface area contributed by atoms with Gasteiger partial charge in [0.2, 0.25) is 5.91 Å². The molecular formula is C19H17FN6O3. The fourth-order valence-electron chi connectivity index (χ4n) is 2.98. The second kappa shape index (κ2) is 7.30. The quantitative estimate of drug-likeness (QED) is 0.671. The minimum atomic E-state index is -0.712. The van der Waals surface area contributed by atoms with E-state index in [0.29, 0.717) is 22.6 Å². The highest BCUT2D eigenvalue weighted by atomic mass is 19.1. The Morgan fingerprint density at radius 2 is 2.14 bits per heavy atom. The van der Waals surface area contributed by atoms with Gasteiger partial charge in [-0.2, -0.15) is 5.10 Å². The molecule has 3 aromatic rings. The van der Waals surface area contributed by atoms with Crippen LogP contribution in [0.1, 0.15) is 6.92 Å². The normalized spacial score (nSPS) is 16.0. The standard InChI is InChI=1S/C19H17FN6O3/c1-12(27)24(2)18-9-25(19(28)29-18)14-4-5-15(16(20)7-14)13-3-6-17(22-8-13)26-11-21-10-23-26/h3-8,10-11,18H,9H2,1-2H3/t18-/m0/s1. The highest BCUT2D eigenvalue weighted by Gasteiger charge is 2.36. The van der Waals surface area contributed by atoms with Gasteiger partial charge in [-0.3, -0.25) is 9.69 Å². The van der Waals surface area contributed by atoms with E-state index in [-0.39, 0.29) is 12.5 Å². The Bertz CT molecular complexity index is 1050. The number of carbonyl (C=O) groups is 2. The monoisotopic (exact) mass is 396 g/mol. The Balaban J connectivity index is 1.55. The van der Waals surface area contributed by atoms with Crippen molar-refractivity contribution in [3.63, 3.8) is 0 Å². The van der Waals surface area contributed by atoms with Crippen molar-refractivity contribution in [2.75, 3.05) is 18.5 Å². The molecule has 2 amide bonds. The van der Waals surface area contributed by atoms with Crippen LogP contribution in [0.2, 0.25) is 0 Å². The number of carbonyl (C=O) groups excluding carboxylic acids is 2. The third kappa shape index (κ3) is 3.51. The fraction of sp³-hybridized carbons (Fsp3) is 0.211. The summed E-state index contributed by atoms with van der Waals surface area (Å²) >= 11 is 0. The first-order valence-corrected chi connectivity index (χ1v) is 8.76. The molecule has 2 aromatic heterocycles. The summed E-state index contributed by atoms with van der Waals surface area (Å²) in [5.41, 5.74) is 1.27. The van der Waals surface area contributed by atoms with Gasteiger partial charge in [-0.05, 0) is 30.3 Å². The summed E-state index contributed by atoms with van der Waals surface area (Å²) < 4.78 is 21.5. The van der Waals surface area contributed by atoms with E-state index in [1.807, 2.05) is 0 Å². The summed E-state index contributed by atoms with van der Waals surface area (Å²) in [6, 6.07) is 7.90. The molecule has 1 saturated heterocycles. The number of hydrogen-bond acceptors (Lipinski definition) is 6. The average Bonchev–Trinajstić information content (AvgIpc) is 3.37. The zero-order chi connectivity index (χ0) is 20.5. The molecule has 10 heteroatoms. The van der Waals surface area contributed by atoms with E-state index >= 15 is 0 Å². The van der Waals surface area contributed by atoms with Gasteiger partial charge >= 0.3 is 6.09 Å².